The molecule has 0 aliphatic rings. The second-order valence-corrected chi connectivity index (χ2v) is 6.97. The number of methoxy groups -OCH3 is 2. The summed E-state index contributed by atoms with van der Waals surface area (Å²) < 4.78 is 15.4. The van der Waals surface area contributed by atoms with Gasteiger partial charge in [-0.15, -0.1) is 0 Å². The number of benzene rings is 2. The SMILES string of the molecule is COC(=O)CN(CC(=O)OC)Cc1c(O)ccc2c(=O)c(-c3ccccc3)c(C)oc12. The molecule has 0 aliphatic carbocycles. The molecule has 3 aromatic rings. The third-order valence-electron chi connectivity index (χ3n) is 4.92. The maximum atomic E-state index is 13.2. The Balaban J connectivity index is 2.11. The summed E-state index contributed by atoms with van der Waals surface area (Å²) in [6.07, 6.45) is 0. The van der Waals surface area contributed by atoms with E-state index in [1.807, 2.05) is 30.3 Å². The Hall–Kier alpha value is -3.65. The number of fused-ring (bicyclic) bond motifs is 1. The Morgan fingerprint density at radius 1 is 1.00 bits per heavy atom. The van der Waals surface area contributed by atoms with E-state index in [1.165, 1.54) is 31.3 Å². The van der Waals surface area contributed by atoms with Crippen LogP contribution in [-0.2, 0) is 25.6 Å². The smallest absolute Gasteiger partial charge is 0.319 e. The van der Waals surface area contributed by atoms with Gasteiger partial charge in [-0.05, 0) is 24.6 Å². The van der Waals surface area contributed by atoms with E-state index in [2.05, 4.69) is 9.47 Å². The van der Waals surface area contributed by atoms with Crippen LogP contribution in [0.1, 0.15) is 11.3 Å². The number of esters is 2. The van der Waals surface area contributed by atoms with Crippen molar-refractivity contribution < 1.29 is 28.6 Å². The number of carbonyl (C=O) groups excluding carboxylic acids is 2. The zero-order chi connectivity index (χ0) is 22.5. The van der Waals surface area contributed by atoms with Crippen molar-refractivity contribution >= 4 is 22.9 Å². The predicted octanol–water partition coefficient (Wildman–Crippen LogP) is 2.62. The molecule has 162 valence electrons. The quantitative estimate of drug-likeness (QED) is 0.576. The molecular formula is C23H23NO7. The molecule has 1 aromatic heterocycles. The first-order valence-corrected chi connectivity index (χ1v) is 9.55. The fraction of sp³-hybridized carbons (Fsp3) is 0.261. The van der Waals surface area contributed by atoms with Gasteiger partial charge in [0.25, 0.3) is 0 Å². The highest BCUT2D eigenvalue weighted by Gasteiger charge is 2.22. The van der Waals surface area contributed by atoms with Crippen LogP contribution in [0.5, 0.6) is 5.75 Å². The lowest BCUT2D eigenvalue weighted by molar-refractivity contribution is -0.145. The van der Waals surface area contributed by atoms with E-state index < -0.39 is 11.9 Å². The van der Waals surface area contributed by atoms with Crippen LogP contribution in [0.3, 0.4) is 0 Å². The summed E-state index contributed by atoms with van der Waals surface area (Å²) in [6.45, 7) is 1.21. The molecule has 2 aromatic carbocycles. The maximum absolute atomic E-state index is 13.2. The summed E-state index contributed by atoms with van der Waals surface area (Å²) in [6, 6.07) is 12.1. The lowest BCUT2D eigenvalue weighted by Gasteiger charge is -2.21. The fourth-order valence-electron chi connectivity index (χ4n) is 3.39. The number of ether oxygens (including phenoxy) is 2. The van der Waals surface area contributed by atoms with Crippen molar-refractivity contribution in [3.8, 4) is 16.9 Å². The van der Waals surface area contributed by atoms with Gasteiger partial charge >= 0.3 is 11.9 Å². The van der Waals surface area contributed by atoms with E-state index >= 15 is 0 Å². The topological polar surface area (TPSA) is 106 Å². The Morgan fingerprint density at radius 3 is 2.19 bits per heavy atom. The number of hydrogen-bond acceptors (Lipinski definition) is 8. The lowest BCUT2D eigenvalue weighted by atomic mass is 10.0. The van der Waals surface area contributed by atoms with E-state index in [9.17, 15) is 19.5 Å². The molecule has 0 aliphatic heterocycles. The second-order valence-electron chi connectivity index (χ2n) is 6.97. The van der Waals surface area contributed by atoms with Gasteiger partial charge in [0.2, 0.25) is 5.43 Å². The molecule has 3 rings (SSSR count). The average molecular weight is 425 g/mol. The highest BCUT2D eigenvalue weighted by molar-refractivity contribution is 5.86. The van der Waals surface area contributed by atoms with Crippen molar-refractivity contribution in [2.75, 3.05) is 27.3 Å². The summed E-state index contributed by atoms with van der Waals surface area (Å²) in [5, 5.41) is 10.8. The van der Waals surface area contributed by atoms with Gasteiger partial charge in [0.05, 0.1) is 43.8 Å². The minimum atomic E-state index is -0.562. The molecule has 0 fully saturated rings. The molecule has 0 saturated heterocycles. The predicted molar refractivity (Wildman–Crippen MR) is 114 cm³/mol. The lowest BCUT2D eigenvalue weighted by Crippen LogP contribution is -2.35. The number of phenolic OH excluding ortho intramolecular Hbond substituents is 1. The summed E-state index contributed by atoms with van der Waals surface area (Å²) in [5.74, 6) is -0.856. The normalized spacial score (nSPS) is 11.0. The molecule has 0 atom stereocenters. The van der Waals surface area contributed by atoms with Gasteiger partial charge in [-0.25, -0.2) is 0 Å². The molecular weight excluding hydrogens is 402 g/mol. The van der Waals surface area contributed by atoms with E-state index in [0.29, 0.717) is 11.3 Å². The zero-order valence-corrected chi connectivity index (χ0v) is 17.5. The molecule has 8 heteroatoms. The maximum Gasteiger partial charge on any atom is 0.319 e. The number of nitrogens with zero attached hydrogens (tertiary/aromatic N) is 1. The zero-order valence-electron chi connectivity index (χ0n) is 17.5. The van der Waals surface area contributed by atoms with Gasteiger partial charge in [-0.3, -0.25) is 19.3 Å². The molecule has 1 N–H and O–H groups in total. The molecule has 8 nitrogen and oxygen atoms in total. The van der Waals surface area contributed by atoms with Crippen molar-refractivity contribution in [1.29, 1.82) is 0 Å². The monoisotopic (exact) mass is 425 g/mol. The Bertz CT molecular complexity index is 1150. The number of hydrogen-bond donors (Lipinski definition) is 1. The van der Waals surface area contributed by atoms with Gasteiger partial charge in [0.1, 0.15) is 17.1 Å². The Morgan fingerprint density at radius 2 is 1.61 bits per heavy atom. The van der Waals surface area contributed by atoms with Crippen LogP contribution in [0, 0.1) is 6.92 Å². The summed E-state index contributed by atoms with van der Waals surface area (Å²) in [7, 11) is 2.48. The van der Waals surface area contributed by atoms with E-state index in [4.69, 9.17) is 4.42 Å². The van der Waals surface area contributed by atoms with Gasteiger partial charge in [-0.2, -0.15) is 0 Å². The van der Waals surface area contributed by atoms with E-state index in [1.54, 1.807) is 6.92 Å². The standard InChI is InChI=1S/C23H23NO7/c1-14-21(15-7-5-4-6-8-15)22(28)16-9-10-18(25)17(23(16)31-14)11-24(12-19(26)29-2)13-20(27)30-3/h4-10,25H,11-13H2,1-3H3. The molecule has 1 heterocycles. The first-order chi connectivity index (χ1) is 14.8. The number of carbonyl (C=O) groups is 2. The summed E-state index contributed by atoms with van der Waals surface area (Å²) in [5.41, 5.74) is 1.40. The van der Waals surface area contributed by atoms with Crippen LogP contribution < -0.4 is 5.43 Å². The van der Waals surface area contributed by atoms with Gasteiger partial charge in [-0.1, -0.05) is 30.3 Å². The highest BCUT2D eigenvalue weighted by atomic mass is 16.5. The molecule has 0 spiro atoms. The third kappa shape index (κ3) is 4.75. The number of aryl methyl sites for hydroxylation is 1. The second kappa shape index (κ2) is 9.44. The highest BCUT2D eigenvalue weighted by Crippen LogP contribution is 2.31. The molecule has 31 heavy (non-hydrogen) atoms. The van der Waals surface area contributed by atoms with Crippen molar-refractivity contribution in [1.82, 2.24) is 4.90 Å². The van der Waals surface area contributed by atoms with E-state index in [0.717, 1.165) is 5.56 Å². The first-order valence-electron chi connectivity index (χ1n) is 9.55. The van der Waals surface area contributed by atoms with Crippen LogP contribution in [0.25, 0.3) is 22.1 Å². The van der Waals surface area contributed by atoms with Gasteiger partial charge in [0.15, 0.2) is 0 Å². The van der Waals surface area contributed by atoms with Crippen LogP contribution in [0.4, 0.5) is 0 Å². The molecule has 0 saturated carbocycles. The molecule has 0 radical (unpaired) electrons. The minimum absolute atomic E-state index is 0.0412. The van der Waals surface area contributed by atoms with Crippen LogP contribution in [0.2, 0.25) is 0 Å². The molecule has 0 bridgehead atoms. The Labute approximate surface area is 178 Å². The largest absolute Gasteiger partial charge is 0.507 e. The molecule has 0 amide bonds. The number of rotatable bonds is 7. The van der Waals surface area contributed by atoms with Crippen LogP contribution in [-0.4, -0.2) is 49.3 Å². The van der Waals surface area contributed by atoms with Gasteiger partial charge in [0, 0.05) is 6.54 Å². The minimum Gasteiger partial charge on any atom is -0.507 e. The number of aromatic hydroxyl groups is 1. The van der Waals surface area contributed by atoms with Crippen molar-refractivity contribution in [2.24, 2.45) is 0 Å². The first kappa shape index (κ1) is 22.0. The van der Waals surface area contributed by atoms with Crippen LogP contribution in [0.15, 0.2) is 51.7 Å². The van der Waals surface area contributed by atoms with E-state index in [-0.39, 0.29) is 47.3 Å². The average Bonchev–Trinajstić information content (AvgIpc) is 2.76. The van der Waals surface area contributed by atoms with Crippen LogP contribution >= 0.6 is 0 Å². The third-order valence-corrected chi connectivity index (χ3v) is 4.92. The Kier molecular flexibility index (Phi) is 6.71. The summed E-state index contributed by atoms with van der Waals surface area (Å²) in [4.78, 5) is 38.3. The fourth-order valence-corrected chi connectivity index (χ4v) is 3.39. The number of phenols is 1. The van der Waals surface area contributed by atoms with Crippen molar-refractivity contribution in [3.63, 3.8) is 0 Å². The van der Waals surface area contributed by atoms with Crippen molar-refractivity contribution in [2.45, 2.75) is 13.5 Å². The summed E-state index contributed by atoms with van der Waals surface area (Å²) >= 11 is 0. The molecule has 0 unspecified atom stereocenters. The van der Waals surface area contributed by atoms with Gasteiger partial charge < -0.3 is 19.0 Å². The van der Waals surface area contributed by atoms with Crippen molar-refractivity contribution in [3.05, 3.63) is 64.0 Å².